The van der Waals surface area contributed by atoms with Crippen LogP contribution < -0.4 is 15.1 Å². The van der Waals surface area contributed by atoms with Crippen LogP contribution in [-0.2, 0) is 0 Å². The van der Waals surface area contributed by atoms with E-state index in [4.69, 9.17) is 0 Å². The lowest BCUT2D eigenvalue weighted by Crippen LogP contribution is -2.28. The molecule has 15 heavy (non-hydrogen) atoms. The Morgan fingerprint density at radius 2 is 1.87 bits per heavy atom. The van der Waals surface area contributed by atoms with Crippen LogP contribution in [-0.4, -0.2) is 51.2 Å². The Morgan fingerprint density at radius 3 is 2.47 bits per heavy atom. The Balaban J connectivity index is 2.71. The van der Waals surface area contributed by atoms with E-state index < -0.39 is 0 Å². The zero-order chi connectivity index (χ0) is 11.3. The number of nitrogens with zero attached hydrogens (tertiary/aromatic N) is 4. The number of nitrogens with one attached hydrogen (secondary N) is 1. The second-order valence-corrected chi connectivity index (χ2v) is 3.65. The summed E-state index contributed by atoms with van der Waals surface area (Å²) in [6.45, 7) is 1.87. The molecule has 1 aromatic heterocycles. The zero-order valence-corrected chi connectivity index (χ0v) is 9.86. The van der Waals surface area contributed by atoms with E-state index in [0.717, 1.165) is 24.7 Å². The van der Waals surface area contributed by atoms with E-state index in [2.05, 4.69) is 20.2 Å². The minimum atomic E-state index is 0.927. The summed E-state index contributed by atoms with van der Waals surface area (Å²) in [5, 5.41) is 3.11. The van der Waals surface area contributed by atoms with Crippen molar-refractivity contribution in [3.8, 4) is 0 Å². The van der Waals surface area contributed by atoms with Gasteiger partial charge in [0.05, 0.1) is 0 Å². The fourth-order valence-corrected chi connectivity index (χ4v) is 1.18. The molecule has 0 aromatic carbocycles. The van der Waals surface area contributed by atoms with Crippen molar-refractivity contribution < 1.29 is 0 Å². The summed E-state index contributed by atoms with van der Waals surface area (Å²) in [6, 6.07) is 1.98. The molecule has 0 atom stereocenters. The third-order valence-electron chi connectivity index (χ3n) is 2.18. The van der Waals surface area contributed by atoms with E-state index in [1.54, 1.807) is 6.33 Å². The van der Waals surface area contributed by atoms with Crippen LogP contribution in [0.4, 0.5) is 11.6 Å². The van der Waals surface area contributed by atoms with E-state index in [0.29, 0.717) is 0 Å². The fourth-order valence-electron chi connectivity index (χ4n) is 1.18. The summed E-state index contributed by atoms with van der Waals surface area (Å²) in [6.07, 6.45) is 1.60. The minimum absolute atomic E-state index is 0.927. The van der Waals surface area contributed by atoms with Gasteiger partial charge < -0.3 is 15.1 Å². The zero-order valence-electron chi connectivity index (χ0n) is 9.86. The monoisotopic (exact) mass is 209 g/mol. The Hall–Kier alpha value is -1.36. The lowest BCUT2D eigenvalue weighted by molar-refractivity contribution is 0.760. The van der Waals surface area contributed by atoms with Gasteiger partial charge >= 0.3 is 0 Å². The molecule has 0 fully saturated rings. The number of rotatable bonds is 5. The highest BCUT2D eigenvalue weighted by Crippen LogP contribution is 2.13. The molecule has 1 rings (SSSR count). The molecule has 5 nitrogen and oxygen atoms in total. The molecule has 1 aromatic rings. The van der Waals surface area contributed by atoms with Gasteiger partial charge in [-0.05, 0) is 7.05 Å². The number of likely N-dealkylation sites (N-methyl/N-ethyl adjacent to an activating group) is 2. The first-order chi connectivity index (χ1) is 7.15. The second kappa shape index (κ2) is 5.50. The lowest BCUT2D eigenvalue weighted by Gasteiger charge is -2.19. The molecule has 0 unspecified atom stereocenters. The van der Waals surface area contributed by atoms with Crippen molar-refractivity contribution in [3.63, 3.8) is 0 Å². The molecule has 0 spiro atoms. The first-order valence-corrected chi connectivity index (χ1v) is 5.00. The molecule has 0 aliphatic rings. The molecule has 0 saturated carbocycles. The minimum Gasteiger partial charge on any atom is -0.363 e. The van der Waals surface area contributed by atoms with E-state index >= 15 is 0 Å². The van der Waals surface area contributed by atoms with Crippen molar-refractivity contribution in [1.82, 2.24) is 15.3 Å². The Labute approximate surface area is 91.1 Å². The molecule has 0 radical (unpaired) electrons. The van der Waals surface area contributed by atoms with Gasteiger partial charge in [0.1, 0.15) is 18.0 Å². The largest absolute Gasteiger partial charge is 0.363 e. The smallest absolute Gasteiger partial charge is 0.133 e. The van der Waals surface area contributed by atoms with Gasteiger partial charge in [-0.25, -0.2) is 9.97 Å². The van der Waals surface area contributed by atoms with Gasteiger partial charge in [-0.1, -0.05) is 0 Å². The summed E-state index contributed by atoms with van der Waals surface area (Å²) < 4.78 is 0. The maximum Gasteiger partial charge on any atom is 0.133 e. The van der Waals surface area contributed by atoms with E-state index in [9.17, 15) is 0 Å². The first kappa shape index (κ1) is 11.7. The van der Waals surface area contributed by atoms with Crippen molar-refractivity contribution >= 4 is 11.6 Å². The molecule has 0 bridgehead atoms. The SMILES string of the molecule is CNCCN(C)c1cc(N(C)C)ncn1. The van der Waals surface area contributed by atoms with Gasteiger partial charge in [-0.15, -0.1) is 0 Å². The van der Waals surface area contributed by atoms with Crippen molar-refractivity contribution in [2.45, 2.75) is 0 Å². The van der Waals surface area contributed by atoms with Crippen LogP contribution in [0.15, 0.2) is 12.4 Å². The highest BCUT2D eigenvalue weighted by atomic mass is 15.2. The predicted molar refractivity (Wildman–Crippen MR) is 63.6 cm³/mol. The third-order valence-corrected chi connectivity index (χ3v) is 2.18. The van der Waals surface area contributed by atoms with Crippen LogP contribution in [0.5, 0.6) is 0 Å². The van der Waals surface area contributed by atoms with Crippen LogP contribution in [0.25, 0.3) is 0 Å². The lowest BCUT2D eigenvalue weighted by atomic mass is 10.4. The predicted octanol–water partition coefficient (Wildman–Crippen LogP) is 0.198. The van der Waals surface area contributed by atoms with Crippen LogP contribution in [0, 0.1) is 0 Å². The Kier molecular flexibility index (Phi) is 4.30. The molecule has 0 saturated heterocycles. The molecule has 0 aliphatic heterocycles. The third kappa shape index (κ3) is 3.36. The molecule has 0 amide bonds. The average molecular weight is 209 g/mol. The molecular weight excluding hydrogens is 190 g/mol. The highest BCUT2D eigenvalue weighted by Gasteiger charge is 2.04. The summed E-state index contributed by atoms with van der Waals surface area (Å²) in [5.74, 6) is 1.88. The maximum atomic E-state index is 4.23. The summed E-state index contributed by atoms with van der Waals surface area (Å²) in [7, 11) is 7.91. The summed E-state index contributed by atoms with van der Waals surface area (Å²) in [4.78, 5) is 12.5. The maximum absolute atomic E-state index is 4.23. The summed E-state index contributed by atoms with van der Waals surface area (Å²) in [5.41, 5.74) is 0. The normalized spacial score (nSPS) is 10.1. The molecule has 0 aliphatic carbocycles. The fraction of sp³-hybridized carbons (Fsp3) is 0.600. The van der Waals surface area contributed by atoms with Gasteiger partial charge in [-0.3, -0.25) is 0 Å². The van der Waals surface area contributed by atoms with Crippen LogP contribution in [0.3, 0.4) is 0 Å². The average Bonchev–Trinajstić information content (AvgIpc) is 2.26. The standard InChI is InChI=1S/C10H19N5/c1-11-5-6-15(4)10-7-9(14(2)3)12-8-13-10/h7-8,11H,5-6H2,1-4H3. The van der Waals surface area contributed by atoms with E-state index in [1.807, 2.05) is 39.2 Å². The highest BCUT2D eigenvalue weighted by molar-refractivity contribution is 5.48. The molecule has 1 heterocycles. The number of hydrogen-bond donors (Lipinski definition) is 1. The van der Waals surface area contributed by atoms with Crippen molar-refractivity contribution in [2.24, 2.45) is 0 Å². The Morgan fingerprint density at radius 1 is 1.20 bits per heavy atom. The van der Waals surface area contributed by atoms with E-state index in [-0.39, 0.29) is 0 Å². The second-order valence-electron chi connectivity index (χ2n) is 3.65. The molecular formula is C10H19N5. The van der Waals surface area contributed by atoms with Gasteiger partial charge in [0.2, 0.25) is 0 Å². The molecule has 84 valence electrons. The van der Waals surface area contributed by atoms with E-state index in [1.165, 1.54) is 0 Å². The van der Waals surface area contributed by atoms with Crippen LogP contribution >= 0.6 is 0 Å². The number of aromatic nitrogens is 2. The summed E-state index contributed by atoms with van der Waals surface area (Å²) >= 11 is 0. The van der Waals surface area contributed by atoms with Crippen molar-refractivity contribution in [1.29, 1.82) is 0 Å². The van der Waals surface area contributed by atoms with Crippen molar-refractivity contribution in [2.75, 3.05) is 51.1 Å². The Bertz CT molecular complexity index is 300. The van der Waals surface area contributed by atoms with Gasteiger partial charge in [0.15, 0.2) is 0 Å². The van der Waals surface area contributed by atoms with Crippen LogP contribution in [0.2, 0.25) is 0 Å². The molecule has 5 heteroatoms. The van der Waals surface area contributed by atoms with Gasteiger partial charge in [0, 0.05) is 40.3 Å². The van der Waals surface area contributed by atoms with Crippen molar-refractivity contribution in [3.05, 3.63) is 12.4 Å². The van der Waals surface area contributed by atoms with Gasteiger partial charge in [0.25, 0.3) is 0 Å². The number of hydrogen-bond acceptors (Lipinski definition) is 5. The quantitative estimate of drug-likeness (QED) is 0.750. The topological polar surface area (TPSA) is 44.3 Å². The number of anilines is 2. The first-order valence-electron chi connectivity index (χ1n) is 5.00. The van der Waals surface area contributed by atoms with Crippen LogP contribution in [0.1, 0.15) is 0 Å². The van der Waals surface area contributed by atoms with Gasteiger partial charge in [-0.2, -0.15) is 0 Å². The molecule has 1 N–H and O–H groups in total.